The van der Waals surface area contributed by atoms with Crippen LogP contribution >= 0.6 is 11.3 Å². The Hall–Kier alpha value is -3.49. The average molecular weight is 507 g/mol. The highest BCUT2D eigenvalue weighted by molar-refractivity contribution is 7.19. The van der Waals surface area contributed by atoms with E-state index in [1.54, 1.807) is 31.6 Å². The van der Waals surface area contributed by atoms with E-state index in [2.05, 4.69) is 28.8 Å². The fourth-order valence-corrected chi connectivity index (χ4v) is 5.45. The first-order chi connectivity index (χ1) is 17.4. The lowest BCUT2D eigenvalue weighted by atomic mass is 10.0. The number of hydrogen-bond acceptors (Lipinski definition) is 8. The summed E-state index contributed by atoms with van der Waals surface area (Å²) in [5, 5.41) is 16.7. The molecule has 36 heavy (non-hydrogen) atoms. The summed E-state index contributed by atoms with van der Waals surface area (Å²) >= 11 is 1.59. The Morgan fingerprint density at radius 2 is 2.08 bits per heavy atom. The van der Waals surface area contributed by atoms with Gasteiger partial charge >= 0.3 is 5.76 Å². The highest BCUT2D eigenvalue weighted by atomic mass is 32.1. The minimum absolute atomic E-state index is 0.105. The maximum absolute atomic E-state index is 12.7. The lowest BCUT2D eigenvalue weighted by molar-refractivity contribution is -0.133. The molecule has 1 unspecified atom stereocenters. The van der Waals surface area contributed by atoms with Gasteiger partial charge < -0.3 is 24.5 Å². The number of nitrogens with one attached hydrogen (secondary N) is 2. The number of oxazole rings is 1. The number of aryl methyl sites for hydroxylation is 1. The topological polar surface area (TPSA) is 119 Å². The van der Waals surface area contributed by atoms with E-state index >= 15 is 0 Å². The van der Waals surface area contributed by atoms with Crippen molar-refractivity contribution < 1.29 is 18.7 Å². The Bertz CT molecular complexity index is 1510. The van der Waals surface area contributed by atoms with Crippen LogP contribution in [0.1, 0.15) is 4.88 Å². The second-order valence-corrected chi connectivity index (χ2v) is 9.98. The van der Waals surface area contributed by atoms with Crippen LogP contribution in [0.5, 0.6) is 0 Å². The summed E-state index contributed by atoms with van der Waals surface area (Å²) in [6.07, 6.45) is -0.370. The van der Waals surface area contributed by atoms with Gasteiger partial charge in [-0.1, -0.05) is 18.2 Å². The Labute approximate surface area is 211 Å². The molecule has 3 heterocycles. The van der Waals surface area contributed by atoms with E-state index in [4.69, 9.17) is 13.9 Å². The van der Waals surface area contributed by atoms with Crippen LogP contribution in [0.3, 0.4) is 0 Å². The molecule has 1 saturated heterocycles. The van der Waals surface area contributed by atoms with Gasteiger partial charge in [0.2, 0.25) is 0 Å². The number of nitrogens with zero attached hydrogens (tertiary/aromatic N) is 2. The van der Waals surface area contributed by atoms with E-state index in [0.29, 0.717) is 31.7 Å². The molecule has 2 aromatic heterocycles. The molecule has 1 amide bonds. The highest BCUT2D eigenvalue weighted by Crippen LogP contribution is 2.32. The first kappa shape index (κ1) is 24.2. The standard InChI is InChI=1S/C26H26N4O5S/c1-30-21-8-15(5-6-22(21)35-26(30)32)16-3-4-17-7-20(36-24(17)9-16)10-18(11-27)29-25(31)23-13-28-12-19(33-2)14-34-23/h3-9,18-19,23,28H,10,12-14H2,1-2H3,(H,29,31)/t18-,19?,23+/m0/s1. The summed E-state index contributed by atoms with van der Waals surface area (Å²) in [6, 6.07) is 15.4. The van der Waals surface area contributed by atoms with Crippen LogP contribution < -0.4 is 16.4 Å². The van der Waals surface area contributed by atoms with Crippen molar-refractivity contribution in [3.8, 4) is 17.2 Å². The molecule has 1 fully saturated rings. The second-order valence-electron chi connectivity index (χ2n) is 8.81. The van der Waals surface area contributed by atoms with Crippen LogP contribution in [0.15, 0.2) is 51.7 Å². The first-order valence-corrected chi connectivity index (χ1v) is 12.4. The molecule has 3 atom stereocenters. The zero-order valence-corrected chi connectivity index (χ0v) is 20.8. The number of ether oxygens (including phenoxy) is 2. The molecule has 2 aromatic carbocycles. The number of aromatic nitrogens is 1. The number of benzene rings is 2. The number of carbonyl (C=O) groups excluding carboxylic acids is 1. The van der Waals surface area contributed by atoms with Crippen LogP contribution in [0.2, 0.25) is 0 Å². The van der Waals surface area contributed by atoms with Gasteiger partial charge in [-0.3, -0.25) is 9.36 Å². The molecule has 0 saturated carbocycles. The molecule has 1 aliphatic heterocycles. The van der Waals surface area contributed by atoms with Gasteiger partial charge in [-0.05, 0) is 40.8 Å². The van der Waals surface area contributed by atoms with Crippen LogP contribution in [-0.2, 0) is 27.7 Å². The van der Waals surface area contributed by atoms with Crippen molar-refractivity contribution in [3.05, 3.63) is 57.9 Å². The Balaban J connectivity index is 1.30. The Kier molecular flexibility index (Phi) is 6.89. The summed E-state index contributed by atoms with van der Waals surface area (Å²) < 4.78 is 18.8. The number of rotatable bonds is 6. The van der Waals surface area contributed by atoms with Crippen molar-refractivity contribution in [3.63, 3.8) is 0 Å². The molecular formula is C26H26N4O5S. The fourth-order valence-electron chi connectivity index (χ4n) is 4.30. The number of fused-ring (bicyclic) bond motifs is 2. The Morgan fingerprint density at radius 1 is 1.28 bits per heavy atom. The van der Waals surface area contributed by atoms with Crippen LogP contribution in [0.25, 0.3) is 32.3 Å². The minimum Gasteiger partial charge on any atom is -0.408 e. The van der Waals surface area contributed by atoms with E-state index in [9.17, 15) is 14.9 Å². The molecule has 9 nitrogen and oxygen atoms in total. The van der Waals surface area contributed by atoms with Crippen molar-refractivity contribution in [2.75, 3.05) is 26.8 Å². The van der Waals surface area contributed by atoms with E-state index in [0.717, 1.165) is 31.6 Å². The van der Waals surface area contributed by atoms with Gasteiger partial charge in [0.25, 0.3) is 5.91 Å². The van der Waals surface area contributed by atoms with Crippen LogP contribution in [0, 0.1) is 11.3 Å². The third kappa shape index (κ3) is 4.92. The van der Waals surface area contributed by atoms with Crippen molar-refractivity contribution in [2.45, 2.75) is 24.7 Å². The second kappa shape index (κ2) is 10.2. The lowest BCUT2D eigenvalue weighted by Crippen LogP contribution is -2.46. The van der Waals surface area contributed by atoms with Crippen molar-refractivity contribution in [1.82, 2.24) is 15.2 Å². The van der Waals surface area contributed by atoms with Crippen LogP contribution in [-0.4, -0.2) is 55.5 Å². The number of carbonyl (C=O) groups is 1. The summed E-state index contributed by atoms with van der Waals surface area (Å²) in [6.45, 7) is 1.30. The Morgan fingerprint density at radius 3 is 2.89 bits per heavy atom. The quantitative estimate of drug-likeness (QED) is 0.413. The number of amides is 1. The maximum Gasteiger partial charge on any atom is 0.419 e. The third-order valence-corrected chi connectivity index (χ3v) is 7.50. The molecule has 5 rings (SSSR count). The van der Waals surface area contributed by atoms with Gasteiger partial charge in [-0.15, -0.1) is 11.3 Å². The van der Waals surface area contributed by atoms with Gasteiger partial charge in [-0.2, -0.15) is 5.26 Å². The predicted molar refractivity (Wildman–Crippen MR) is 137 cm³/mol. The van der Waals surface area contributed by atoms with E-state index < -0.39 is 12.1 Å². The molecule has 0 aliphatic carbocycles. The van der Waals surface area contributed by atoms with Gasteiger partial charge in [-0.25, -0.2) is 4.79 Å². The smallest absolute Gasteiger partial charge is 0.408 e. The predicted octanol–water partition coefficient (Wildman–Crippen LogP) is 2.57. The molecule has 4 aromatic rings. The maximum atomic E-state index is 12.7. The monoisotopic (exact) mass is 506 g/mol. The molecule has 1 aliphatic rings. The number of nitriles is 1. The fraction of sp³-hybridized carbons (Fsp3) is 0.346. The largest absolute Gasteiger partial charge is 0.419 e. The van der Waals surface area contributed by atoms with Gasteiger partial charge in [0.15, 0.2) is 5.58 Å². The molecule has 10 heteroatoms. The van der Waals surface area contributed by atoms with Crippen molar-refractivity contribution >= 4 is 38.4 Å². The van der Waals surface area contributed by atoms with E-state index in [1.807, 2.05) is 24.3 Å². The summed E-state index contributed by atoms with van der Waals surface area (Å²) in [5.41, 5.74) is 3.29. The molecular weight excluding hydrogens is 480 g/mol. The third-order valence-electron chi connectivity index (χ3n) is 6.38. The van der Waals surface area contributed by atoms with Crippen molar-refractivity contribution in [2.24, 2.45) is 7.05 Å². The molecule has 2 N–H and O–H groups in total. The molecule has 0 spiro atoms. The minimum atomic E-state index is -0.668. The first-order valence-electron chi connectivity index (χ1n) is 11.6. The SMILES string of the molecule is COC1CNC[C@H](C(=O)N[C@H](C#N)Cc2cc3ccc(-c4ccc5oc(=O)n(C)c5c4)cc3s2)OC1. The molecule has 186 valence electrons. The number of methoxy groups -OCH3 is 1. The van der Waals surface area contributed by atoms with Crippen LogP contribution in [0.4, 0.5) is 0 Å². The lowest BCUT2D eigenvalue weighted by Gasteiger charge is -2.17. The summed E-state index contributed by atoms with van der Waals surface area (Å²) in [5.74, 6) is -0.695. The average Bonchev–Trinajstić information content (AvgIpc) is 3.30. The number of hydrogen-bond donors (Lipinski definition) is 2. The van der Waals surface area contributed by atoms with E-state index in [1.165, 1.54) is 4.57 Å². The number of thiophene rings is 1. The molecule has 0 radical (unpaired) electrons. The van der Waals surface area contributed by atoms with Crippen molar-refractivity contribution in [1.29, 1.82) is 5.26 Å². The van der Waals surface area contributed by atoms with E-state index in [-0.39, 0.29) is 17.8 Å². The zero-order valence-electron chi connectivity index (χ0n) is 19.9. The molecule has 0 bridgehead atoms. The normalized spacial score (nSPS) is 19.1. The van der Waals surface area contributed by atoms with Gasteiger partial charge in [0.1, 0.15) is 12.1 Å². The van der Waals surface area contributed by atoms with Gasteiger partial charge in [0, 0.05) is 43.2 Å². The zero-order chi connectivity index (χ0) is 25.2. The summed E-state index contributed by atoms with van der Waals surface area (Å²) in [7, 11) is 3.29. The summed E-state index contributed by atoms with van der Waals surface area (Å²) in [4.78, 5) is 25.5. The highest BCUT2D eigenvalue weighted by Gasteiger charge is 2.26. The van der Waals surface area contributed by atoms with Gasteiger partial charge in [0.05, 0.1) is 24.3 Å².